The molecule has 0 radical (unpaired) electrons. The van der Waals surface area contributed by atoms with E-state index in [2.05, 4.69) is 20.0 Å². The van der Waals surface area contributed by atoms with Crippen molar-refractivity contribution in [2.45, 2.75) is 4.90 Å². The van der Waals surface area contributed by atoms with Gasteiger partial charge in [0.05, 0.1) is 9.82 Å². The molecule has 2 N–H and O–H groups in total. The second-order valence-electron chi connectivity index (χ2n) is 7.43. The lowest BCUT2D eigenvalue weighted by atomic mass is 10.0. The Morgan fingerprint density at radius 3 is 2.25 bits per heavy atom. The summed E-state index contributed by atoms with van der Waals surface area (Å²) in [6, 6.07) is 21.9. The standard InChI is InChI=1S/C25H19N5O5S/c31-24(23(19-7-2-1-3-8-19)17-18-6-4-9-21(16-18)30(32)33)28-20-10-12-22(13-11-20)36(34,35)29-25-26-14-5-15-27-25/h1-17H,(H,28,31)(H,26,27,29)/b23-17+. The molecule has 180 valence electrons. The molecule has 0 aliphatic carbocycles. The predicted molar refractivity (Wildman–Crippen MR) is 135 cm³/mol. The van der Waals surface area contributed by atoms with Gasteiger partial charge >= 0.3 is 0 Å². The number of nitro benzene ring substituents is 1. The molecule has 0 unspecified atom stereocenters. The summed E-state index contributed by atoms with van der Waals surface area (Å²) in [4.78, 5) is 31.5. The van der Waals surface area contributed by atoms with E-state index in [1.165, 1.54) is 54.9 Å². The lowest BCUT2D eigenvalue weighted by molar-refractivity contribution is -0.384. The van der Waals surface area contributed by atoms with E-state index in [1.807, 2.05) is 0 Å². The number of carbonyl (C=O) groups is 1. The molecule has 0 spiro atoms. The maximum atomic E-state index is 13.2. The monoisotopic (exact) mass is 501 g/mol. The molecule has 1 aromatic heterocycles. The summed E-state index contributed by atoms with van der Waals surface area (Å²) in [5.74, 6) is -0.534. The van der Waals surface area contributed by atoms with Crippen molar-refractivity contribution in [3.05, 3.63) is 119 Å². The third-order valence-electron chi connectivity index (χ3n) is 4.94. The number of hydrogen-bond donors (Lipinski definition) is 2. The van der Waals surface area contributed by atoms with Crippen LogP contribution in [0.25, 0.3) is 11.6 Å². The SMILES string of the molecule is O=C(Nc1ccc(S(=O)(=O)Nc2ncccn2)cc1)/C(=C/c1cccc([N+](=O)[O-])c1)c1ccccc1. The summed E-state index contributed by atoms with van der Waals surface area (Å²) >= 11 is 0. The van der Waals surface area contributed by atoms with Gasteiger partial charge in [-0.3, -0.25) is 14.9 Å². The van der Waals surface area contributed by atoms with Gasteiger partial charge in [-0.15, -0.1) is 0 Å². The van der Waals surface area contributed by atoms with Crippen LogP contribution in [0.1, 0.15) is 11.1 Å². The highest BCUT2D eigenvalue weighted by Gasteiger charge is 2.17. The van der Waals surface area contributed by atoms with Gasteiger partial charge in [-0.1, -0.05) is 42.5 Å². The lowest BCUT2D eigenvalue weighted by Crippen LogP contribution is -2.16. The van der Waals surface area contributed by atoms with Crippen molar-refractivity contribution in [3.63, 3.8) is 0 Å². The first-order chi connectivity index (χ1) is 17.3. The molecule has 1 amide bonds. The largest absolute Gasteiger partial charge is 0.322 e. The van der Waals surface area contributed by atoms with Gasteiger partial charge in [-0.2, -0.15) is 0 Å². The Bertz CT molecular complexity index is 1520. The van der Waals surface area contributed by atoms with Gasteiger partial charge in [0.15, 0.2) is 0 Å². The van der Waals surface area contributed by atoms with Crippen molar-refractivity contribution in [1.82, 2.24) is 9.97 Å². The van der Waals surface area contributed by atoms with E-state index < -0.39 is 20.9 Å². The zero-order valence-corrected chi connectivity index (χ0v) is 19.4. The molecule has 0 bridgehead atoms. The van der Waals surface area contributed by atoms with E-state index in [9.17, 15) is 23.3 Å². The number of carbonyl (C=O) groups excluding carboxylic acids is 1. The van der Waals surface area contributed by atoms with Crippen LogP contribution in [-0.4, -0.2) is 29.2 Å². The number of amides is 1. The summed E-state index contributed by atoms with van der Waals surface area (Å²) < 4.78 is 27.4. The number of rotatable bonds is 8. The Morgan fingerprint density at radius 1 is 0.889 bits per heavy atom. The van der Waals surface area contributed by atoms with E-state index in [1.54, 1.807) is 48.5 Å². The molecule has 0 saturated heterocycles. The van der Waals surface area contributed by atoms with Crippen LogP contribution >= 0.6 is 0 Å². The molecular weight excluding hydrogens is 482 g/mol. The lowest BCUT2D eigenvalue weighted by Gasteiger charge is -2.11. The summed E-state index contributed by atoms with van der Waals surface area (Å²) in [5.41, 5.74) is 1.62. The smallest absolute Gasteiger partial charge is 0.270 e. The minimum Gasteiger partial charge on any atom is -0.322 e. The van der Waals surface area contributed by atoms with Gasteiger partial charge in [0.1, 0.15) is 0 Å². The molecular formula is C25H19N5O5S. The Labute approximate surface area is 206 Å². The summed E-state index contributed by atoms with van der Waals surface area (Å²) in [7, 11) is -3.92. The Balaban J connectivity index is 1.58. The third-order valence-corrected chi connectivity index (χ3v) is 6.28. The van der Waals surface area contributed by atoms with Crippen molar-refractivity contribution in [1.29, 1.82) is 0 Å². The first kappa shape index (κ1) is 24.2. The number of hydrogen-bond acceptors (Lipinski definition) is 7. The Morgan fingerprint density at radius 2 is 1.58 bits per heavy atom. The molecule has 0 saturated carbocycles. The van der Waals surface area contributed by atoms with Crippen LogP contribution < -0.4 is 10.0 Å². The molecule has 0 aliphatic heterocycles. The number of aromatic nitrogens is 2. The summed E-state index contributed by atoms with van der Waals surface area (Å²) in [5, 5.41) is 13.9. The normalized spacial score (nSPS) is 11.5. The summed E-state index contributed by atoms with van der Waals surface area (Å²) in [6.07, 6.45) is 4.38. The fourth-order valence-electron chi connectivity index (χ4n) is 3.24. The van der Waals surface area contributed by atoms with Crippen LogP contribution in [0.15, 0.2) is 102 Å². The number of non-ortho nitro benzene ring substituents is 1. The predicted octanol–water partition coefficient (Wildman–Crippen LogP) is 4.36. The topological polar surface area (TPSA) is 144 Å². The van der Waals surface area contributed by atoms with Crippen LogP contribution in [-0.2, 0) is 14.8 Å². The van der Waals surface area contributed by atoms with E-state index in [0.717, 1.165) is 0 Å². The average molecular weight is 502 g/mol. The van der Waals surface area contributed by atoms with Gasteiger partial charge < -0.3 is 5.32 Å². The van der Waals surface area contributed by atoms with Gasteiger partial charge in [-0.05, 0) is 47.5 Å². The highest BCUT2D eigenvalue weighted by atomic mass is 32.2. The molecule has 11 heteroatoms. The first-order valence-corrected chi connectivity index (χ1v) is 12.0. The molecule has 3 aromatic carbocycles. The van der Waals surface area contributed by atoms with Crippen LogP contribution in [0.3, 0.4) is 0 Å². The van der Waals surface area contributed by atoms with E-state index in [4.69, 9.17) is 0 Å². The van der Waals surface area contributed by atoms with E-state index in [-0.39, 0.29) is 22.1 Å². The molecule has 1 heterocycles. The first-order valence-electron chi connectivity index (χ1n) is 10.5. The van der Waals surface area contributed by atoms with Gasteiger partial charge in [0.25, 0.3) is 21.6 Å². The molecule has 10 nitrogen and oxygen atoms in total. The highest BCUT2D eigenvalue weighted by Crippen LogP contribution is 2.23. The number of sulfonamides is 1. The minimum absolute atomic E-state index is 0.0385. The highest BCUT2D eigenvalue weighted by molar-refractivity contribution is 7.92. The average Bonchev–Trinajstić information content (AvgIpc) is 2.88. The Hall–Kier alpha value is -4.90. The molecule has 0 aliphatic rings. The number of benzene rings is 3. The van der Waals surface area contributed by atoms with Crippen molar-refractivity contribution >= 4 is 44.9 Å². The van der Waals surface area contributed by atoms with Gasteiger partial charge in [-0.25, -0.2) is 23.1 Å². The summed E-state index contributed by atoms with van der Waals surface area (Å²) in [6.45, 7) is 0. The number of nitrogens with zero attached hydrogens (tertiary/aromatic N) is 3. The Kier molecular flexibility index (Phi) is 7.12. The van der Waals surface area contributed by atoms with E-state index in [0.29, 0.717) is 16.8 Å². The van der Waals surface area contributed by atoms with Crippen molar-refractivity contribution in [2.75, 3.05) is 10.0 Å². The van der Waals surface area contributed by atoms with Crippen molar-refractivity contribution in [2.24, 2.45) is 0 Å². The fraction of sp³-hybridized carbons (Fsp3) is 0. The van der Waals surface area contributed by atoms with Gasteiger partial charge in [0.2, 0.25) is 5.95 Å². The van der Waals surface area contributed by atoms with Crippen LogP contribution in [0.2, 0.25) is 0 Å². The molecule has 36 heavy (non-hydrogen) atoms. The fourth-order valence-corrected chi connectivity index (χ4v) is 4.20. The third kappa shape index (κ3) is 5.96. The van der Waals surface area contributed by atoms with Crippen LogP contribution in [0.4, 0.5) is 17.3 Å². The van der Waals surface area contributed by atoms with Crippen LogP contribution in [0.5, 0.6) is 0 Å². The van der Waals surface area contributed by atoms with Crippen molar-refractivity contribution < 1.29 is 18.1 Å². The molecule has 0 fully saturated rings. The maximum Gasteiger partial charge on any atom is 0.270 e. The maximum absolute atomic E-state index is 13.2. The van der Waals surface area contributed by atoms with Gasteiger partial charge in [0, 0.05) is 35.8 Å². The van der Waals surface area contributed by atoms with Crippen LogP contribution in [0, 0.1) is 10.1 Å². The minimum atomic E-state index is -3.92. The van der Waals surface area contributed by atoms with E-state index >= 15 is 0 Å². The number of nitro groups is 1. The quantitative estimate of drug-likeness (QED) is 0.158. The second kappa shape index (κ2) is 10.6. The second-order valence-corrected chi connectivity index (χ2v) is 9.11. The molecule has 4 rings (SSSR count). The number of anilines is 2. The number of nitrogens with one attached hydrogen (secondary N) is 2. The van der Waals surface area contributed by atoms with Crippen molar-refractivity contribution in [3.8, 4) is 0 Å². The molecule has 4 aromatic rings. The zero-order chi connectivity index (χ0) is 25.5. The zero-order valence-electron chi connectivity index (χ0n) is 18.6. The molecule has 0 atom stereocenters.